The third kappa shape index (κ3) is 1.67. The minimum absolute atomic E-state index is 0.698. The highest BCUT2D eigenvalue weighted by atomic mass is 15.1. The van der Waals surface area contributed by atoms with Crippen LogP contribution in [0.5, 0.6) is 0 Å². The maximum Gasteiger partial charge on any atom is 0.226 e. The van der Waals surface area contributed by atoms with Crippen molar-refractivity contribution in [1.82, 2.24) is 0 Å². The minimum Gasteiger partial charge on any atom is -0.169 e. The van der Waals surface area contributed by atoms with Gasteiger partial charge in [0.2, 0.25) is 6.19 Å². The van der Waals surface area contributed by atoms with Crippen LogP contribution >= 0.6 is 0 Å². The van der Waals surface area contributed by atoms with Gasteiger partial charge in [-0.3, -0.25) is 0 Å². The van der Waals surface area contributed by atoms with E-state index in [-0.39, 0.29) is 0 Å². The molecule has 3 nitrogen and oxygen atoms in total. The molecule has 0 fully saturated rings. The lowest BCUT2D eigenvalue weighted by molar-refractivity contribution is 1.23. The van der Waals surface area contributed by atoms with Crippen molar-refractivity contribution in [3.05, 3.63) is 30.3 Å². The zero-order valence-corrected chi connectivity index (χ0v) is 5.23. The molecule has 0 amide bonds. The molecular formula is C7H5N3. The Kier molecular flexibility index (Phi) is 2.16. The summed E-state index contributed by atoms with van der Waals surface area (Å²) in [5, 5.41) is 14.8. The molecule has 3 heteroatoms. The van der Waals surface area contributed by atoms with E-state index in [1.54, 1.807) is 18.3 Å². The van der Waals surface area contributed by atoms with Crippen molar-refractivity contribution in [2.45, 2.75) is 0 Å². The molecule has 0 bridgehead atoms. The molecule has 0 radical (unpaired) electrons. The first-order valence-electron chi connectivity index (χ1n) is 2.78. The number of azo groups is 1. The van der Waals surface area contributed by atoms with Gasteiger partial charge in [-0.1, -0.05) is 23.3 Å². The van der Waals surface area contributed by atoms with Crippen molar-refractivity contribution >= 4 is 5.69 Å². The Morgan fingerprint density at radius 2 is 1.90 bits per heavy atom. The van der Waals surface area contributed by atoms with Crippen LogP contribution in [-0.4, -0.2) is 0 Å². The smallest absolute Gasteiger partial charge is 0.169 e. The number of rotatable bonds is 1. The number of nitrogens with zero attached hydrogens (tertiary/aromatic N) is 3. The highest BCUT2D eigenvalue weighted by Crippen LogP contribution is 2.08. The average molecular weight is 131 g/mol. The van der Waals surface area contributed by atoms with Crippen molar-refractivity contribution in [2.75, 3.05) is 0 Å². The molecule has 48 valence electrons. The van der Waals surface area contributed by atoms with Crippen molar-refractivity contribution < 1.29 is 0 Å². The summed E-state index contributed by atoms with van der Waals surface area (Å²) in [4.78, 5) is 0. The molecule has 0 aromatic heterocycles. The molecule has 1 aromatic rings. The Morgan fingerprint density at radius 1 is 1.20 bits per heavy atom. The monoisotopic (exact) mass is 131 g/mol. The Bertz CT molecular complexity index is 258. The highest BCUT2D eigenvalue weighted by Gasteiger charge is 1.81. The SMILES string of the molecule is N#CN=Nc1ccccc1. The summed E-state index contributed by atoms with van der Waals surface area (Å²) in [5.41, 5.74) is 0.698. The first kappa shape index (κ1) is 6.43. The highest BCUT2D eigenvalue weighted by molar-refractivity contribution is 5.34. The summed E-state index contributed by atoms with van der Waals surface area (Å²) in [7, 11) is 0. The van der Waals surface area contributed by atoms with Gasteiger partial charge in [-0.2, -0.15) is 5.26 Å². The van der Waals surface area contributed by atoms with Crippen LogP contribution in [-0.2, 0) is 0 Å². The van der Waals surface area contributed by atoms with E-state index in [2.05, 4.69) is 10.2 Å². The van der Waals surface area contributed by atoms with Crippen molar-refractivity contribution in [1.29, 1.82) is 5.26 Å². The zero-order chi connectivity index (χ0) is 7.23. The molecule has 0 saturated carbocycles. The predicted octanol–water partition coefficient (Wildman–Crippen LogP) is 2.25. The predicted molar refractivity (Wildman–Crippen MR) is 36.6 cm³/mol. The lowest BCUT2D eigenvalue weighted by Gasteiger charge is -1.84. The molecule has 0 spiro atoms. The molecular weight excluding hydrogens is 126 g/mol. The van der Waals surface area contributed by atoms with Crippen LogP contribution in [0.4, 0.5) is 5.69 Å². The van der Waals surface area contributed by atoms with Gasteiger partial charge in [-0.05, 0) is 12.1 Å². The molecule has 0 heterocycles. The number of benzene rings is 1. The zero-order valence-electron chi connectivity index (χ0n) is 5.23. The maximum absolute atomic E-state index is 8.02. The largest absolute Gasteiger partial charge is 0.226 e. The van der Waals surface area contributed by atoms with E-state index in [1.165, 1.54) is 0 Å². The second-order valence-corrected chi connectivity index (χ2v) is 1.64. The van der Waals surface area contributed by atoms with Crippen LogP contribution in [0, 0.1) is 11.5 Å². The second kappa shape index (κ2) is 3.36. The van der Waals surface area contributed by atoms with Gasteiger partial charge in [0, 0.05) is 0 Å². The van der Waals surface area contributed by atoms with Crippen LogP contribution in [0.25, 0.3) is 0 Å². The lowest BCUT2D eigenvalue weighted by atomic mass is 10.3. The van der Waals surface area contributed by atoms with E-state index < -0.39 is 0 Å². The molecule has 0 aliphatic carbocycles. The number of hydrogen-bond acceptors (Lipinski definition) is 3. The average Bonchev–Trinajstić information content (AvgIpc) is 2.03. The van der Waals surface area contributed by atoms with Crippen molar-refractivity contribution in [3.63, 3.8) is 0 Å². The fourth-order valence-electron chi connectivity index (χ4n) is 0.575. The van der Waals surface area contributed by atoms with Gasteiger partial charge >= 0.3 is 0 Å². The summed E-state index contributed by atoms with van der Waals surface area (Å²) in [5.74, 6) is 0. The molecule has 10 heavy (non-hydrogen) atoms. The van der Waals surface area contributed by atoms with E-state index in [4.69, 9.17) is 5.26 Å². The van der Waals surface area contributed by atoms with E-state index in [0.29, 0.717) is 5.69 Å². The maximum atomic E-state index is 8.02. The summed E-state index contributed by atoms with van der Waals surface area (Å²) >= 11 is 0. The Hall–Kier alpha value is -1.69. The van der Waals surface area contributed by atoms with Gasteiger partial charge < -0.3 is 0 Å². The first-order chi connectivity index (χ1) is 4.93. The number of nitriles is 1. The summed E-state index contributed by atoms with van der Waals surface area (Å²) in [6, 6.07) is 9.12. The van der Waals surface area contributed by atoms with Gasteiger partial charge in [0.25, 0.3) is 0 Å². The van der Waals surface area contributed by atoms with Gasteiger partial charge in [0.05, 0.1) is 5.69 Å². The van der Waals surface area contributed by atoms with Gasteiger partial charge in [0.15, 0.2) is 0 Å². The van der Waals surface area contributed by atoms with E-state index in [9.17, 15) is 0 Å². The van der Waals surface area contributed by atoms with Crippen molar-refractivity contribution in [2.24, 2.45) is 10.2 Å². The van der Waals surface area contributed by atoms with E-state index in [0.717, 1.165) is 0 Å². The van der Waals surface area contributed by atoms with Crippen LogP contribution < -0.4 is 0 Å². The molecule has 0 unspecified atom stereocenters. The fraction of sp³-hybridized carbons (Fsp3) is 0. The molecule has 0 atom stereocenters. The van der Waals surface area contributed by atoms with Crippen LogP contribution in [0.3, 0.4) is 0 Å². The van der Waals surface area contributed by atoms with E-state index in [1.807, 2.05) is 18.2 Å². The standard InChI is InChI=1S/C7H5N3/c8-6-9-10-7-4-2-1-3-5-7/h1-5H. The van der Waals surface area contributed by atoms with Gasteiger partial charge in [-0.25, -0.2) is 0 Å². The Labute approximate surface area is 58.6 Å². The van der Waals surface area contributed by atoms with Crippen molar-refractivity contribution in [3.8, 4) is 6.19 Å². The van der Waals surface area contributed by atoms with Gasteiger partial charge in [-0.15, -0.1) is 5.11 Å². The summed E-state index contributed by atoms with van der Waals surface area (Å²) < 4.78 is 0. The minimum atomic E-state index is 0.698. The summed E-state index contributed by atoms with van der Waals surface area (Å²) in [6.45, 7) is 0. The molecule has 1 aromatic carbocycles. The van der Waals surface area contributed by atoms with Crippen LogP contribution in [0.15, 0.2) is 40.6 Å². The van der Waals surface area contributed by atoms with E-state index >= 15 is 0 Å². The molecule has 0 aliphatic heterocycles. The topological polar surface area (TPSA) is 48.5 Å². The molecule has 0 aliphatic rings. The van der Waals surface area contributed by atoms with Gasteiger partial charge in [0.1, 0.15) is 0 Å². The molecule has 0 N–H and O–H groups in total. The number of hydrogen-bond donors (Lipinski definition) is 0. The van der Waals surface area contributed by atoms with Crippen LogP contribution in [0.2, 0.25) is 0 Å². The lowest BCUT2D eigenvalue weighted by Crippen LogP contribution is -1.58. The normalized spacial score (nSPS) is 9.50. The quantitative estimate of drug-likeness (QED) is 0.426. The first-order valence-corrected chi connectivity index (χ1v) is 2.78. The fourth-order valence-corrected chi connectivity index (χ4v) is 0.575. The second-order valence-electron chi connectivity index (χ2n) is 1.64. The Morgan fingerprint density at radius 3 is 2.50 bits per heavy atom. The molecule has 0 saturated heterocycles. The third-order valence-electron chi connectivity index (χ3n) is 0.966. The van der Waals surface area contributed by atoms with Crippen LogP contribution in [0.1, 0.15) is 0 Å². The third-order valence-corrected chi connectivity index (χ3v) is 0.966. The molecule has 1 rings (SSSR count). The summed E-state index contributed by atoms with van der Waals surface area (Å²) in [6.07, 6.45) is 1.57. The Balaban J connectivity index is 2.79.